The molecule has 7 heteroatoms. The number of pyridine rings is 1. The number of aromatic nitrogens is 4. The van der Waals surface area contributed by atoms with Gasteiger partial charge >= 0.3 is 5.97 Å². The van der Waals surface area contributed by atoms with E-state index >= 15 is 0 Å². The maximum atomic E-state index is 12.6. The summed E-state index contributed by atoms with van der Waals surface area (Å²) in [7, 11) is 0. The number of carbonyl (C=O) groups excluding carboxylic acids is 1. The molecule has 1 aliphatic rings. The summed E-state index contributed by atoms with van der Waals surface area (Å²) in [6.45, 7) is 8.00. The lowest BCUT2D eigenvalue weighted by molar-refractivity contribution is 0.0526. The van der Waals surface area contributed by atoms with Gasteiger partial charge in [0.15, 0.2) is 0 Å². The number of anilines is 1. The quantitative estimate of drug-likeness (QED) is 0.698. The minimum absolute atomic E-state index is 0.317. The number of piperidine rings is 1. The number of hydrogen-bond acceptors (Lipinski definition) is 6. The standard InChI is InChI=1S/C21H25N5O2/c1-4-28-21(27)17-11-22-18-14(3)13(2)5-6-16(18)19(17)26-9-7-15(8-10-26)20-23-12-24-25-20/h5-6,11-12,15H,4,7-10H2,1-3H3,(H,23,24,25). The molecular formula is C21H25N5O2. The number of fused-ring (bicyclic) bond motifs is 1. The first-order chi connectivity index (χ1) is 13.6. The van der Waals surface area contributed by atoms with Crippen molar-refractivity contribution < 1.29 is 9.53 Å². The number of aryl methyl sites for hydroxylation is 2. The Morgan fingerprint density at radius 2 is 2.04 bits per heavy atom. The van der Waals surface area contributed by atoms with E-state index in [9.17, 15) is 4.79 Å². The summed E-state index contributed by atoms with van der Waals surface area (Å²) in [6, 6.07) is 4.17. The number of benzene rings is 1. The van der Waals surface area contributed by atoms with Gasteiger partial charge < -0.3 is 9.64 Å². The number of nitrogens with one attached hydrogen (secondary N) is 1. The minimum Gasteiger partial charge on any atom is -0.462 e. The number of aromatic amines is 1. The Balaban J connectivity index is 1.74. The first-order valence-electron chi connectivity index (χ1n) is 9.76. The molecule has 1 aliphatic heterocycles. The normalized spacial score (nSPS) is 15.2. The third kappa shape index (κ3) is 3.21. The third-order valence-corrected chi connectivity index (χ3v) is 5.66. The number of H-pyrrole nitrogens is 1. The van der Waals surface area contributed by atoms with E-state index in [1.807, 2.05) is 6.92 Å². The number of ether oxygens (including phenoxy) is 1. The fourth-order valence-electron chi connectivity index (χ4n) is 3.98. The maximum absolute atomic E-state index is 12.6. The van der Waals surface area contributed by atoms with E-state index in [-0.39, 0.29) is 5.97 Å². The molecule has 2 aromatic heterocycles. The first-order valence-corrected chi connectivity index (χ1v) is 9.76. The summed E-state index contributed by atoms with van der Waals surface area (Å²) < 4.78 is 5.31. The smallest absolute Gasteiger partial charge is 0.341 e. The number of esters is 1. The van der Waals surface area contributed by atoms with Crippen molar-refractivity contribution in [2.75, 3.05) is 24.6 Å². The van der Waals surface area contributed by atoms with Crippen LogP contribution in [0.1, 0.15) is 53.0 Å². The van der Waals surface area contributed by atoms with Crippen molar-refractivity contribution in [2.24, 2.45) is 0 Å². The summed E-state index contributed by atoms with van der Waals surface area (Å²) in [6.07, 6.45) is 5.13. The SMILES string of the molecule is CCOC(=O)c1cnc2c(C)c(C)ccc2c1N1CCC(c2ncn[nH]2)CC1. The Kier molecular flexibility index (Phi) is 4.98. The van der Waals surface area contributed by atoms with Crippen LogP contribution in [0.3, 0.4) is 0 Å². The highest BCUT2D eigenvalue weighted by molar-refractivity contribution is 6.06. The summed E-state index contributed by atoms with van der Waals surface area (Å²) in [5.41, 5.74) is 4.75. The van der Waals surface area contributed by atoms with Gasteiger partial charge in [-0.3, -0.25) is 10.1 Å². The van der Waals surface area contributed by atoms with E-state index in [4.69, 9.17) is 4.74 Å². The van der Waals surface area contributed by atoms with Crippen molar-refractivity contribution in [3.05, 3.63) is 47.2 Å². The topological polar surface area (TPSA) is 84.0 Å². The predicted molar refractivity (Wildman–Crippen MR) is 108 cm³/mol. The largest absolute Gasteiger partial charge is 0.462 e. The Labute approximate surface area is 164 Å². The van der Waals surface area contributed by atoms with Gasteiger partial charge in [-0.2, -0.15) is 5.10 Å². The van der Waals surface area contributed by atoms with E-state index < -0.39 is 0 Å². The van der Waals surface area contributed by atoms with E-state index in [0.29, 0.717) is 18.1 Å². The number of rotatable bonds is 4. The lowest BCUT2D eigenvalue weighted by atomic mass is 9.94. The molecule has 3 aromatic rings. The molecule has 0 spiro atoms. The minimum atomic E-state index is -0.317. The van der Waals surface area contributed by atoms with Crippen LogP contribution in [0.25, 0.3) is 10.9 Å². The third-order valence-electron chi connectivity index (χ3n) is 5.66. The predicted octanol–water partition coefficient (Wildman–Crippen LogP) is 3.53. The second-order valence-corrected chi connectivity index (χ2v) is 7.28. The zero-order valence-corrected chi connectivity index (χ0v) is 16.5. The zero-order valence-electron chi connectivity index (χ0n) is 16.5. The van der Waals surface area contributed by atoms with E-state index in [0.717, 1.165) is 53.9 Å². The molecule has 1 saturated heterocycles. The second kappa shape index (κ2) is 7.58. The summed E-state index contributed by atoms with van der Waals surface area (Å²) in [5, 5.41) is 7.97. The Bertz CT molecular complexity index is 992. The van der Waals surface area contributed by atoms with Gasteiger partial charge in [-0.05, 0) is 44.7 Å². The van der Waals surface area contributed by atoms with Gasteiger partial charge in [0.25, 0.3) is 0 Å². The number of carbonyl (C=O) groups is 1. The van der Waals surface area contributed by atoms with Crippen molar-refractivity contribution in [3.63, 3.8) is 0 Å². The molecule has 4 rings (SSSR count). The van der Waals surface area contributed by atoms with Crippen molar-refractivity contribution in [2.45, 2.75) is 39.5 Å². The van der Waals surface area contributed by atoms with Crippen LogP contribution in [-0.4, -0.2) is 45.8 Å². The molecular weight excluding hydrogens is 354 g/mol. The van der Waals surface area contributed by atoms with Gasteiger partial charge in [-0.15, -0.1) is 0 Å². The average Bonchev–Trinajstić information content (AvgIpc) is 3.25. The van der Waals surface area contributed by atoms with Gasteiger partial charge in [0.05, 0.1) is 17.8 Å². The molecule has 1 aromatic carbocycles. The summed E-state index contributed by atoms with van der Waals surface area (Å²) in [4.78, 5) is 23.8. The molecule has 0 saturated carbocycles. The van der Waals surface area contributed by atoms with Gasteiger partial charge in [-0.25, -0.2) is 9.78 Å². The van der Waals surface area contributed by atoms with Gasteiger partial charge in [-0.1, -0.05) is 12.1 Å². The molecule has 146 valence electrons. The summed E-state index contributed by atoms with van der Waals surface area (Å²) in [5.74, 6) is 0.987. The zero-order chi connectivity index (χ0) is 19.7. The number of nitrogens with zero attached hydrogens (tertiary/aromatic N) is 4. The van der Waals surface area contributed by atoms with Crippen LogP contribution < -0.4 is 4.90 Å². The Hall–Kier alpha value is -2.96. The van der Waals surface area contributed by atoms with Crippen molar-refractivity contribution >= 4 is 22.6 Å². The van der Waals surface area contributed by atoms with Crippen molar-refractivity contribution in [3.8, 4) is 0 Å². The monoisotopic (exact) mass is 379 g/mol. The van der Waals surface area contributed by atoms with Crippen molar-refractivity contribution in [1.82, 2.24) is 20.2 Å². The molecule has 1 fully saturated rings. The van der Waals surface area contributed by atoms with Crippen LogP contribution in [0, 0.1) is 13.8 Å². The van der Waals surface area contributed by atoms with E-state index in [1.54, 1.807) is 12.5 Å². The average molecular weight is 379 g/mol. The van der Waals surface area contributed by atoms with Crippen LogP contribution in [-0.2, 0) is 4.74 Å². The summed E-state index contributed by atoms with van der Waals surface area (Å²) >= 11 is 0. The maximum Gasteiger partial charge on any atom is 0.341 e. The van der Waals surface area contributed by atoms with Crippen LogP contribution in [0.2, 0.25) is 0 Å². The molecule has 0 atom stereocenters. The lowest BCUT2D eigenvalue weighted by Crippen LogP contribution is -2.34. The Morgan fingerprint density at radius 3 is 2.71 bits per heavy atom. The fourth-order valence-corrected chi connectivity index (χ4v) is 3.98. The highest BCUT2D eigenvalue weighted by Crippen LogP contribution is 2.36. The molecule has 7 nitrogen and oxygen atoms in total. The Morgan fingerprint density at radius 1 is 1.25 bits per heavy atom. The van der Waals surface area contributed by atoms with Gasteiger partial charge in [0.2, 0.25) is 0 Å². The number of hydrogen-bond donors (Lipinski definition) is 1. The van der Waals surface area contributed by atoms with Crippen molar-refractivity contribution in [1.29, 1.82) is 0 Å². The fraction of sp³-hybridized carbons (Fsp3) is 0.429. The first kappa shape index (κ1) is 18.4. The van der Waals surface area contributed by atoms with E-state index in [2.05, 4.69) is 51.0 Å². The highest BCUT2D eigenvalue weighted by Gasteiger charge is 2.27. The second-order valence-electron chi connectivity index (χ2n) is 7.28. The molecule has 0 bridgehead atoms. The molecule has 0 unspecified atom stereocenters. The van der Waals surface area contributed by atoms with Crippen LogP contribution in [0.15, 0.2) is 24.7 Å². The molecule has 0 amide bonds. The molecule has 28 heavy (non-hydrogen) atoms. The lowest BCUT2D eigenvalue weighted by Gasteiger charge is -2.34. The van der Waals surface area contributed by atoms with E-state index in [1.165, 1.54) is 5.56 Å². The van der Waals surface area contributed by atoms with Crippen LogP contribution in [0.5, 0.6) is 0 Å². The molecule has 3 heterocycles. The molecule has 0 aliphatic carbocycles. The van der Waals surface area contributed by atoms with Gasteiger partial charge in [0, 0.05) is 30.6 Å². The molecule has 0 radical (unpaired) electrons. The van der Waals surface area contributed by atoms with Crippen LogP contribution in [0.4, 0.5) is 5.69 Å². The molecule has 1 N–H and O–H groups in total. The van der Waals surface area contributed by atoms with Gasteiger partial charge in [0.1, 0.15) is 17.7 Å². The van der Waals surface area contributed by atoms with Crippen LogP contribution >= 0.6 is 0 Å². The highest BCUT2D eigenvalue weighted by atomic mass is 16.5.